The summed E-state index contributed by atoms with van der Waals surface area (Å²) in [5.74, 6) is 0.631. The van der Waals surface area contributed by atoms with E-state index in [0.29, 0.717) is 17.0 Å². The SMILES string of the molecule is NC1CN(Cc2coc(-c3ccc(Cl)cc3)n2)C1. The largest absolute Gasteiger partial charge is 0.444 e. The molecule has 1 aromatic heterocycles. The number of nitrogens with zero attached hydrogens (tertiary/aromatic N) is 2. The number of halogens is 1. The van der Waals surface area contributed by atoms with E-state index in [1.807, 2.05) is 24.3 Å². The van der Waals surface area contributed by atoms with Crippen LogP contribution in [0.2, 0.25) is 5.02 Å². The Hall–Kier alpha value is -1.36. The summed E-state index contributed by atoms with van der Waals surface area (Å²) in [6, 6.07) is 7.77. The monoisotopic (exact) mass is 263 g/mol. The molecule has 1 fully saturated rings. The van der Waals surface area contributed by atoms with Crippen molar-refractivity contribution >= 4 is 11.6 Å². The second-order valence-electron chi connectivity index (χ2n) is 4.61. The first-order chi connectivity index (χ1) is 8.70. The molecule has 94 valence electrons. The van der Waals surface area contributed by atoms with Crippen LogP contribution in [-0.4, -0.2) is 29.0 Å². The molecule has 0 spiro atoms. The third-order valence-electron chi connectivity index (χ3n) is 3.01. The topological polar surface area (TPSA) is 55.3 Å². The Morgan fingerprint density at radius 2 is 2.06 bits per heavy atom. The van der Waals surface area contributed by atoms with Crippen molar-refractivity contribution in [3.63, 3.8) is 0 Å². The number of nitrogens with two attached hydrogens (primary N) is 1. The zero-order chi connectivity index (χ0) is 12.5. The van der Waals surface area contributed by atoms with E-state index in [9.17, 15) is 0 Å². The summed E-state index contributed by atoms with van der Waals surface area (Å²) < 4.78 is 5.47. The Morgan fingerprint density at radius 1 is 1.33 bits per heavy atom. The van der Waals surface area contributed by atoms with Gasteiger partial charge in [0.15, 0.2) is 0 Å². The van der Waals surface area contributed by atoms with E-state index < -0.39 is 0 Å². The van der Waals surface area contributed by atoms with Gasteiger partial charge in [-0.15, -0.1) is 0 Å². The molecule has 3 rings (SSSR count). The van der Waals surface area contributed by atoms with E-state index in [4.69, 9.17) is 21.8 Å². The molecule has 0 unspecified atom stereocenters. The lowest BCUT2D eigenvalue weighted by Crippen LogP contribution is -2.54. The molecule has 2 aromatic rings. The third kappa shape index (κ3) is 2.41. The van der Waals surface area contributed by atoms with Gasteiger partial charge in [0.1, 0.15) is 6.26 Å². The lowest BCUT2D eigenvalue weighted by Gasteiger charge is -2.36. The fourth-order valence-electron chi connectivity index (χ4n) is 2.07. The van der Waals surface area contributed by atoms with E-state index in [0.717, 1.165) is 30.9 Å². The summed E-state index contributed by atoms with van der Waals surface area (Å²) in [4.78, 5) is 6.71. The Balaban J connectivity index is 1.71. The van der Waals surface area contributed by atoms with Crippen LogP contribution in [0.1, 0.15) is 5.69 Å². The van der Waals surface area contributed by atoms with Crippen molar-refractivity contribution in [3.8, 4) is 11.5 Å². The average molecular weight is 264 g/mol. The maximum Gasteiger partial charge on any atom is 0.226 e. The van der Waals surface area contributed by atoms with Crippen LogP contribution in [0.3, 0.4) is 0 Å². The molecule has 0 atom stereocenters. The number of hydrogen-bond acceptors (Lipinski definition) is 4. The predicted octanol–water partition coefficient (Wildman–Crippen LogP) is 2.14. The van der Waals surface area contributed by atoms with Gasteiger partial charge >= 0.3 is 0 Å². The van der Waals surface area contributed by atoms with Gasteiger partial charge in [0.05, 0.1) is 5.69 Å². The quantitative estimate of drug-likeness (QED) is 0.922. The van der Waals surface area contributed by atoms with E-state index in [1.54, 1.807) is 6.26 Å². The summed E-state index contributed by atoms with van der Waals surface area (Å²) in [5.41, 5.74) is 7.61. The van der Waals surface area contributed by atoms with E-state index in [-0.39, 0.29) is 0 Å². The Labute approximate surface area is 110 Å². The highest BCUT2D eigenvalue weighted by molar-refractivity contribution is 6.30. The van der Waals surface area contributed by atoms with Crippen LogP contribution >= 0.6 is 11.6 Å². The summed E-state index contributed by atoms with van der Waals surface area (Å²) in [5, 5.41) is 0.708. The number of oxazole rings is 1. The zero-order valence-electron chi connectivity index (χ0n) is 9.84. The van der Waals surface area contributed by atoms with Gasteiger partial charge in [-0.1, -0.05) is 11.6 Å². The number of benzene rings is 1. The van der Waals surface area contributed by atoms with Crippen molar-refractivity contribution in [2.45, 2.75) is 12.6 Å². The molecule has 1 aliphatic rings. The van der Waals surface area contributed by atoms with Gasteiger partial charge in [0.2, 0.25) is 5.89 Å². The highest BCUT2D eigenvalue weighted by Crippen LogP contribution is 2.21. The van der Waals surface area contributed by atoms with Crippen LogP contribution in [0.25, 0.3) is 11.5 Å². The van der Waals surface area contributed by atoms with Crippen molar-refractivity contribution in [3.05, 3.63) is 41.2 Å². The minimum absolute atomic E-state index is 0.313. The molecule has 1 saturated heterocycles. The van der Waals surface area contributed by atoms with E-state index >= 15 is 0 Å². The molecule has 0 amide bonds. The van der Waals surface area contributed by atoms with Crippen LogP contribution < -0.4 is 5.73 Å². The smallest absolute Gasteiger partial charge is 0.226 e. The molecule has 0 bridgehead atoms. The van der Waals surface area contributed by atoms with Gasteiger partial charge in [-0.25, -0.2) is 4.98 Å². The zero-order valence-corrected chi connectivity index (χ0v) is 10.6. The third-order valence-corrected chi connectivity index (χ3v) is 3.27. The van der Waals surface area contributed by atoms with Gasteiger partial charge in [0.25, 0.3) is 0 Å². The minimum Gasteiger partial charge on any atom is -0.444 e. The highest BCUT2D eigenvalue weighted by atomic mass is 35.5. The molecule has 0 aliphatic carbocycles. The second-order valence-corrected chi connectivity index (χ2v) is 5.04. The van der Waals surface area contributed by atoms with Crippen molar-refractivity contribution in [2.24, 2.45) is 5.73 Å². The summed E-state index contributed by atoms with van der Waals surface area (Å²) in [6.07, 6.45) is 1.70. The molecule has 2 N–H and O–H groups in total. The highest BCUT2D eigenvalue weighted by Gasteiger charge is 2.23. The molecular formula is C13H14ClN3O. The fourth-order valence-corrected chi connectivity index (χ4v) is 2.20. The normalized spacial score (nSPS) is 16.8. The summed E-state index contributed by atoms with van der Waals surface area (Å²) in [7, 11) is 0. The average Bonchev–Trinajstić information content (AvgIpc) is 2.77. The fraction of sp³-hybridized carbons (Fsp3) is 0.308. The van der Waals surface area contributed by atoms with Gasteiger partial charge in [-0.3, -0.25) is 4.90 Å². The van der Waals surface area contributed by atoms with E-state index in [1.165, 1.54) is 0 Å². The Morgan fingerprint density at radius 3 is 2.72 bits per heavy atom. The first kappa shape index (κ1) is 11.7. The van der Waals surface area contributed by atoms with Crippen molar-refractivity contribution in [1.29, 1.82) is 0 Å². The summed E-state index contributed by atoms with van der Waals surface area (Å²) in [6.45, 7) is 2.66. The number of rotatable bonds is 3. The molecule has 5 heteroatoms. The number of aromatic nitrogens is 1. The minimum atomic E-state index is 0.313. The lowest BCUT2D eigenvalue weighted by atomic mass is 10.1. The van der Waals surface area contributed by atoms with Crippen molar-refractivity contribution in [2.75, 3.05) is 13.1 Å². The standard InChI is InChI=1S/C13H14ClN3O/c14-10-3-1-9(2-4-10)13-16-12(8-18-13)7-17-5-11(15)6-17/h1-4,8,11H,5-7,15H2. The van der Waals surface area contributed by atoms with E-state index in [2.05, 4.69) is 9.88 Å². The lowest BCUT2D eigenvalue weighted by molar-refractivity contribution is 0.140. The molecular weight excluding hydrogens is 250 g/mol. The number of hydrogen-bond donors (Lipinski definition) is 1. The van der Waals surface area contributed by atoms with Gasteiger partial charge in [-0.2, -0.15) is 0 Å². The maximum atomic E-state index is 5.84. The Bertz CT molecular complexity index is 531. The molecule has 2 heterocycles. The Kier molecular flexibility index (Phi) is 3.07. The van der Waals surface area contributed by atoms with Crippen LogP contribution in [0.4, 0.5) is 0 Å². The second kappa shape index (κ2) is 4.72. The molecule has 0 saturated carbocycles. The molecule has 0 radical (unpaired) electrons. The van der Waals surface area contributed by atoms with Crippen LogP contribution in [-0.2, 0) is 6.54 Å². The van der Waals surface area contributed by atoms with Crippen molar-refractivity contribution < 1.29 is 4.42 Å². The maximum absolute atomic E-state index is 5.84. The predicted molar refractivity (Wildman–Crippen MR) is 70.2 cm³/mol. The summed E-state index contributed by atoms with van der Waals surface area (Å²) >= 11 is 5.84. The van der Waals surface area contributed by atoms with Crippen LogP contribution in [0.15, 0.2) is 34.9 Å². The van der Waals surface area contributed by atoms with Gasteiger partial charge < -0.3 is 10.2 Å². The first-order valence-electron chi connectivity index (χ1n) is 5.89. The first-order valence-corrected chi connectivity index (χ1v) is 6.27. The van der Waals surface area contributed by atoms with Gasteiger partial charge in [-0.05, 0) is 24.3 Å². The van der Waals surface area contributed by atoms with Crippen LogP contribution in [0.5, 0.6) is 0 Å². The number of likely N-dealkylation sites (tertiary alicyclic amines) is 1. The molecule has 1 aliphatic heterocycles. The molecule has 4 nitrogen and oxygen atoms in total. The van der Waals surface area contributed by atoms with Crippen molar-refractivity contribution in [1.82, 2.24) is 9.88 Å². The molecule has 18 heavy (non-hydrogen) atoms. The van der Waals surface area contributed by atoms with Crippen LogP contribution in [0, 0.1) is 0 Å². The molecule has 1 aromatic carbocycles. The van der Waals surface area contributed by atoms with Gasteiger partial charge in [0, 0.05) is 36.3 Å².